The summed E-state index contributed by atoms with van der Waals surface area (Å²) in [5.74, 6) is 0.175. The number of piperazine rings is 1. The molecule has 2 fully saturated rings. The van der Waals surface area contributed by atoms with E-state index in [-0.39, 0.29) is 11.9 Å². The highest BCUT2D eigenvalue weighted by atomic mass is 32.2. The molecule has 1 saturated carbocycles. The van der Waals surface area contributed by atoms with Crippen LogP contribution >= 0.6 is 0 Å². The summed E-state index contributed by atoms with van der Waals surface area (Å²) in [6, 6.07) is 8.43. The predicted octanol–water partition coefficient (Wildman–Crippen LogP) is 1.21. The molecule has 1 amide bonds. The third-order valence-electron chi connectivity index (χ3n) is 4.92. The maximum atomic E-state index is 12.2. The zero-order valence-electron chi connectivity index (χ0n) is 14.5. The Balaban J connectivity index is 1.46. The number of hydrogen-bond donors (Lipinski definition) is 1. The third-order valence-corrected chi connectivity index (χ3v) is 5.86. The normalized spacial score (nSPS) is 22.1. The lowest BCUT2D eigenvalue weighted by Gasteiger charge is -2.37. The van der Waals surface area contributed by atoms with Gasteiger partial charge in [0.1, 0.15) is 0 Å². The second-order valence-corrected chi connectivity index (χ2v) is 8.25. The van der Waals surface area contributed by atoms with E-state index < -0.39 is 10.8 Å². The number of nitrogens with one attached hydrogen (secondary N) is 1. The van der Waals surface area contributed by atoms with E-state index in [2.05, 4.69) is 27.2 Å². The molecular formula is C18H27N3O2S. The van der Waals surface area contributed by atoms with Crippen molar-refractivity contribution in [1.29, 1.82) is 0 Å². The lowest BCUT2D eigenvalue weighted by molar-refractivity contribution is -0.126. The van der Waals surface area contributed by atoms with Gasteiger partial charge in [-0.3, -0.25) is 18.8 Å². The van der Waals surface area contributed by atoms with Crippen LogP contribution in [-0.4, -0.2) is 64.4 Å². The van der Waals surface area contributed by atoms with Gasteiger partial charge < -0.3 is 5.32 Å². The van der Waals surface area contributed by atoms with E-state index in [0.717, 1.165) is 50.5 Å². The number of amides is 1. The molecule has 2 unspecified atom stereocenters. The Labute approximate surface area is 146 Å². The molecule has 5 nitrogen and oxygen atoms in total. The Kier molecular flexibility index (Phi) is 5.69. The molecule has 2 atom stereocenters. The molecule has 132 valence electrons. The number of carbonyl (C=O) groups is 1. The van der Waals surface area contributed by atoms with E-state index in [9.17, 15) is 9.00 Å². The second kappa shape index (κ2) is 7.76. The molecule has 6 heteroatoms. The summed E-state index contributed by atoms with van der Waals surface area (Å²) >= 11 is 0. The third kappa shape index (κ3) is 4.65. The van der Waals surface area contributed by atoms with Crippen molar-refractivity contribution in [1.82, 2.24) is 15.1 Å². The molecule has 1 aliphatic heterocycles. The monoisotopic (exact) mass is 349 g/mol. The Morgan fingerprint density at radius 1 is 1.21 bits per heavy atom. The smallest absolute Gasteiger partial charge is 0.237 e. The Bertz CT molecular complexity index is 593. The van der Waals surface area contributed by atoms with Gasteiger partial charge in [0.2, 0.25) is 5.91 Å². The highest BCUT2D eigenvalue weighted by Gasteiger charge is 2.29. The van der Waals surface area contributed by atoms with Gasteiger partial charge in [0.05, 0.1) is 6.04 Å². The summed E-state index contributed by atoms with van der Waals surface area (Å²) in [5, 5.41) is 3.10. The molecule has 1 heterocycles. The molecule has 1 aromatic rings. The Morgan fingerprint density at radius 3 is 2.38 bits per heavy atom. The van der Waals surface area contributed by atoms with Gasteiger partial charge in [0, 0.05) is 60.7 Å². The fourth-order valence-corrected chi connectivity index (χ4v) is 3.59. The number of benzene rings is 1. The molecular weight excluding hydrogens is 322 g/mol. The van der Waals surface area contributed by atoms with Crippen LogP contribution in [0.15, 0.2) is 29.2 Å². The maximum Gasteiger partial charge on any atom is 0.237 e. The molecule has 1 saturated heterocycles. The lowest BCUT2D eigenvalue weighted by atomic mass is 10.1. The minimum Gasteiger partial charge on any atom is -0.352 e. The van der Waals surface area contributed by atoms with Gasteiger partial charge in [-0.2, -0.15) is 0 Å². The fourth-order valence-electron chi connectivity index (χ4n) is 3.07. The van der Waals surface area contributed by atoms with Crippen molar-refractivity contribution in [3.05, 3.63) is 29.8 Å². The van der Waals surface area contributed by atoms with E-state index in [1.54, 1.807) is 6.26 Å². The van der Waals surface area contributed by atoms with Crippen LogP contribution in [0, 0.1) is 0 Å². The van der Waals surface area contributed by atoms with Crippen LogP contribution in [0.1, 0.15) is 25.3 Å². The summed E-state index contributed by atoms with van der Waals surface area (Å²) in [6.07, 6.45) is 3.97. The second-order valence-electron chi connectivity index (χ2n) is 6.87. The SMILES string of the molecule is CC(C(=O)NC1CC1)N1CCN(Cc2ccc(S(C)=O)cc2)CC1. The van der Waals surface area contributed by atoms with Crippen LogP contribution in [0.2, 0.25) is 0 Å². The van der Waals surface area contributed by atoms with Crippen LogP contribution in [0.5, 0.6) is 0 Å². The molecule has 3 rings (SSSR count). The van der Waals surface area contributed by atoms with Crippen molar-refractivity contribution >= 4 is 16.7 Å². The molecule has 1 N–H and O–H groups in total. The molecule has 0 radical (unpaired) electrons. The topological polar surface area (TPSA) is 52.7 Å². The first-order chi connectivity index (χ1) is 11.5. The van der Waals surface area contributed by atoms with Gasteiger partial charge in [-0.25, -0.2) is 0 Å². The van der Waals surface area contributed by atoms with Crippen molar-refractivity contribution in [3.63, 3.8) is 0 Å². The summed E-state index contributed by atoms with van der Waals surface area (Å²) in [5.41, 5.74) is 1.25. The van der Waals surface area contributed by atoms with Gasteiger partial charge in [0.15, 0.2) is 0 Å². The Hall–Kier alpha value is -1.24. The summed E-state index contributed by atoms with van der Waals surface area (Å²) < 4.78 is 11.4. The summed E-state index contributed by atoms with van der Waals surface area (Å²) in [7, 11) is -0.917. The van der Waals surface area contributed by atoms with Crippen LogP contribution < -0.4 is 5.32 Å². The molecule has 0 spiro atoms. The number of hydrogen-bond acceptors (Lipinski definition) is 4. The highest BCUT2D eigenvalue weighted by Crippen LogP contribution is 2.19. The Morgan fingerprint density at radius 2 is 1.83 bits per heavy atom. The maximum absolute atomic E-state index is 12.2. The standard InChI is InChI=1S/C18H27N3O2S/c1-14(18(22)19-16-5-6-16)21-11-9-20(10-12-21)13-15-3-7-17(8-4-15)24(2)23/h3-4,7-8,14,16H,5-6,9-13H2,1-2H3,(H,19,22). The minimum absolute atomic E-state index is 0.0356. The van der Waals surface area contributed by atoms with E-state index in [1.165, 1.54) is 5.56 Å². The van der Waals surface area contributed by atoms with E-state index in [1.807, 2.05) is 19.1 Å². The molecule has 1 aliphatic carbocycles. The van der Waals surface area contributed by atoms with Crippen molar-refractivity contribution in [2.24, 2.45) is 0 Å². The quantitative estimate of drug-likeness (QED) is 0.839. The van der Waals surface area contributed by atoms with Crippen LogP contribution in [0.25, 0.3) is 0 Å². The molecule has 1 aromatic carbocycles. The van der Waals surface area contributed by atoms with E-state index in [0.29, 0.717) is 6.04 Å². The van der Waals surface area contributed by atoms with Gasteiger partial charge in [-0.05, 0) is 37.5 Å². The van der Waals surface area contributed by atoms with E-state index >= 15 is 0 Å². The van der Waals surface area contributed by atoms with Crippen molar-refractivity contribution in [2.45, 2.75) is 43.3 Å². The molecule has 0 bridgehead atoms. The van der Waals surface area contributed by atoms with Gasteiger partial charge in [-0.15, -0.1) is 0 Å². The van der Waals surface area contributed by atoms with Crippen LogP contribution in [0.3, 0.4) is 0 Å². The average molecular weight is 350 g/mol. The summed E-state index contributed by atoms with van der Waals surface area (Å²) in [6.45, 7) is 6.72. The van der Waals surface area contributed by atoms with Crippen molar-refractivity contribution in [3.8, 4) is 0 Å². The lowest BCUT2D eigenvalue weighted by Crippen LogP contribution is -2.53. The number of nitrogens with zero attached hydrogens (tertiary/aromatic N) is 2. The van der Waals surface area contributed by atoms with Crippen molar-refractivity contribution in [2.75, 3.05) is 32.4 Å². The van der Waals surface area contributed by atoms with Crippen molar-refractivity contribution < 1.29 is 9.00 Å². The molecule has 0 aromatic heterocycles. The summed E-state index contributed by atoms with van der Waals surface area (Å²) in [4.78, 5) is 17.7. The van der Waals surface area contributed by atoms with Crippen LogP contribution in [0.4, 0.5) is 0 Å². The first-order valence-electron chi connectivity index (χ1n) is 8.72. The number of rotatable bonds is 6. The zero-order valence-corrected chi connectivity index (χ0v) is 15.3. The molecule has 24 heavy (non-hydrogen) atoms. The largest absolute Gasteiger partial charge is 0.352 e. The number of carbonyl (C=O) groups excluding carboxylic acids is 1. The fraction of sp³-hybridized carbons (Fsp3) is 0.611. The average Bonchev–Trinajstić information content (AvgIpc) is 3.39. The van der Waals surface area contributed by atoms with Crippen LogP contribution in [-0.2, 0) is 22.1 Å². The van der Waals surface area contributed by atoms with Gasteiger partial charge >= 0.3 is 0 Å². The highest BCUT2D eigenvalue weighted by molar-refractivity contribution is 7.84. The van der Waals surface area contributed by atoms with Gasteiger partial charge in [0.25, 0.3) is 0 Å². The first kappa shape index (κ1) is 17.6. The van der Waals surface area contributed by atoms with Gasteiger partial charge in [-0.1, -0.05) is 12.1 Å². The molecule has 2 aliphatic rings. The zero-order chi connectivity index (χ0) is 17.1. The predicted molar refractivity (Wildman–Crippen MR) is 96.3 cm³/mol. The first-order valence-corrected chi connectivity index (χ1v) is 10.3. The van der Waals surface area contributed by atoms with E-state index in [4.69, 9.17) is 0 Å². The minimum atomic E-state index is -0.917.